The summed E-state index contributed by atoms with van der Waals surface area (Å²) in [7, 11) is 2.04. The summed E-state index contributed by atoms with van der Waals surface area (Å²) >= 11 is 1.78. The van der Waals surface area contributed by atoms with Crippen LogP contribution in [-0.4, -0.2) is 12.0 Å². The lowest BCUT2D eigenvalue weighted by Crippen LogP contribution is -2.16. The van der Waals surface area contributed by atoms with E-state index in [4.69, 9.17) is 0 Å². The molecule has 0 aliphatic rings. The van der Waals surface area contributed by atoms with Gasteiger partial charge in [0.25, 0.3) is 0 Å². The van der Waals surface area contributed by atoms with E-state index < -0.39 is 0 Å². The van der Waals surface area contributed by atoms with E-state index >= 15 is 0 Å². The third-order valence-corrected chi connectivity index (χ3v) is 4.46. The van der Waals surface area contributed by atoms with Crippen molar-refractivity contribution in [3.8, 4) is 0 Å². The lowest BCUT2D eigenvalue weighted by molar-refractivity contribution is 0.494. The van der Waals surface area contributed by atoms with Gasteiger partial charge in [0.1, 0.15) is 5.01 Å². The van der Waals surface area contributed by atoms with Crippen molar-refractivity contribution in [3.63, 3.8) is 0 Å². The van der Waals surface area contributed by atoms with Crippen LogP contribution >= 0.6 is 11.3 Å². The van der Waals surface area contributed by atoms with Crippen molar-refractivity contribution in [2.75, 3.05) is 7.05 Å². The van der Waals surface area contributed by atoms with E-state index in [2.05, 4.69) is 29.5 Å². The maximum atomic E-state index is 4.58. The van der Waals surface area contributed by atoms with Gasteiger partial charge >= 0.3 is 0 Å². The molecule has 1 unspecified atom stereocenters. The average molecular weight is 268 g/mol. The van der Waals surface area contributed by atoms with Gasteiger partial charge in [0.05, 0.1) is 6.04 Å². The van der Waals surface area contributed by atoms with Crippen LogP contribution in [0.3, 0.4) is 0 Å². The van der Waals surface area contributed by atoms with Crippen molar-refractivity contribution in [3.05, 3.63) is 16.1 Å². The zero-order valence-electron chi connectivity index (χ0n) is 12.2. The number of aryl methyl sites for hydroxylation is 1. The van der Waals surface area contributed by atoms with Gasteiger partial charge < -0.3 is 5.32 Å². The summed E-state index contributed by atoms with van der Waals surface area (Å²) < 4.78 is 0. The zero-order chi connectivity index (χ0) is 13.2. The van der Waals surface area contributed by atoms with Crippen molar-refractivity contribution in [2.24, 2.45) is 0 Å². The van der Waals surface area contributed by atoms with Crippen LogP contribution in [0, 0.1) is 6.92 Å². The number of aromatic nitrogens is 1. The second kappa shape index (κ2) is 9.51. The van der Waals surface area contributed by atoms with E-state index in [1.807, 2.05) is 7.05 Å². The highest BCUT2D eigenvalue weighted by atomic mass is 32.1. The predicted octanol–water partition coefficient (Wildman–Crippen LogP) is 4.85. The molecular weight excluding hydrogens is 240 g/mol. The number of hydrogen-bond acceptors (Lipinski definition) is 3. The van der Waals surface area contributed by atoms with E-state index in [9.17, 15) is 0 Å². The molecule has 0 saturated heterocycles. The SMILES string of the molecule is CCCCCCCCCC(NC)c1nc(C)cs1. The van der Waals surface area contributed by atoms with E-state index in [0.717, 1.165) is 5.69 Å². The Morgan fingerprint density at radius 3 is 2.39 bits per heavy atom. The van der Waals surface area contributed by atoms with E-state index in [0.29, 0.717) is 6.04 Å². The molecule has 0 spiro atoms. The Morgan fingerprint density at radius 1 is 1.17 bits per heavy atom. The van der Waals surface area contributed by atoms with Gasteiger partial charge in [0.2, 0.25) is 0 Å². The van der Waals surface area contributed by atoms with Gasteiger partial charge in [-0.2, -0.15) is 0 Å². The Balaban J connectivity index is 2.13. The molecule has 0 saturated carbocycles. The van der Waals surface area contributed by atoms with Crippen LogP contribution in [0.1, 0.15) is 75.0 Å². The second-order valence-corrected chi connectivity index (χ2v) is 5.97. The molecule has 1 atom stereocenters. The first kappa shape index (κ1) is 15.6. The molecule has 1 rings (SSSR count). The normalized spacial score (nSPS) is 12.8. The topological polar surface area (TPSA) is 24.9 Å². The Hall–Kier alpha value is -0.410. The summed E-state index contributed by atoms with van der Waals surface area (Å²) in [4.78, 5) is 4.58. The Labute approximate surface area is 116 Å². The maximum Gasteiger partial charge on any atom is 0.110 e. The van der Waals surface area contributed by atoms with Crippen LogP contribution < -0.4 is 5.32 Å². The first-order valence-corrected chi connectivity index (χ1v) is 8.25. The molecule has 0 aromatic carbocycles. The van der Waals surface area contributed by atoms with Gasteiger partial charge in [-0.25, -0.2) is 4.98 Å². The third-order valence-electron chi connectivity index (χ3n) is 3.38. The fraction of sp³-hybridized carbons (Fsp3) is 0.800. The molecule has 0 radical (unpaired) electrons. The lowest BCUT2D eigenvalue weighted by atomic mass is 10.1. The number of nitrogens with one attached hydrogen (secondary N) is 1. The predicted molar refractivity (Wildman–Crippen MR) is 81.3 cm³/mol. The molecule has 1 aromatic rings. The van der Waals surface area contributed by atoms with Gasteiger partial charge in [0, 0.05) is 11.1 Å². The van der Waals surface area contributed by atoms with Gasteiger partial charge in [-0.3, -0.25) is 0 Å². The van der Waals surface area contributed by atoms with Crippen LogP contribution in [0.15, 0.2) is 5.38 Å². The van der Waals surface area contributed by atoms with Crippen LogP contribution in [0.4, 0.5) is 0 Å². The highest BCUT2D eigenvalue weighted by molar-refractivity contribution is 7.09. The summed E-state index contributed by atoms with van der Waals surface area (Å²) in [6.45, 7) is 4.34. The highest BCUT2D eigenvalue weighted by Crippen LogP contribution is 2.23. The fourth-order valence-corrected chi connectivity index (χ4v) is 3.17. The van der Waals surface area contributed by atoms with Crippen molar-refractivity contribution in [1.82, 2.24) is 10.3 Å². The van der Waals surface area contributed by atoms with Crippen molar-refractivity contribution < 1.29 is 0 Å². The van der Waals surface area contributed by atoms with Crippen molar-refractivity contribution >= 4 is 11.3 Å². The molecule has 0 aliphatic carbocycles. The molecule has 0 aliphatic heterocycles. The molecule has 1 heterocycles. The summed E-state index contributed by atoms with van der Waals surface area (Å²) in [6, 6.07) is 0.458. The van der Waals surface area contributed by atoms with Gasteiger partial charge in [-0.1, -0.05) is 51.9 Å². The first-order chi connectivity index (χ1) is 8.77. The smallest absolute Gasteiger partial charge is 0.110 e. The molecule has 0 fully saturated rings. The average Bonchev–Trinajstić information content (AvgIpc) is 2.79. The molecular formula is C15H28N2S. The fourth-order valence-electron chi connectivity index (χ4n) is 2.23. The summed E-state index contributed by atoms with van der Waals surface area (Å²) in [6.07, 6.45) is 10.9. The zero-order valence-corrected chi connectivity index (χ0v) is 13.0. The Morgan fingerprint density at radius 2 is 1.83 bits per heavy atom. The molecule has 104 valence electrons. The highest BCUT2D eigenvalue weighted by Gasteiger charge is 2.11. The van der Waals surface area contributed by atoms with E-state index in [1.165, 1.54) is 56.4 Å². The molecule has 0 bridgehead atoms. The van der Waals surface area contributed by atoms with Crippen molar-refractivity contribution in [2.45, 2.75) is 71.3 Å². The lowest BCUT2D eigenvalue weighted by Gasteiger charge is -2.13. The number of thiazole rings is 1. The van der Waals surface area contributed by atoms with Gasteiger partial charge in [-0.05, 0) is 20.4 Å². The number of rotatable bonds is 10. The summed E-state index contributed by atoms with van der Waals surface area (Å²) in [5.74, 6) is 0. The van der Waals surface area contributed by atoms with Gasteiger partial charge in [0.15, 0.2) is 0 Å². The number of hydrogen-bond donors (Lipinski definition) is 1. The minimum absolute atomic E-state index is 0.458. The second-order valence-electron chi connectivity index (χ2n) is 5.08. The maximum absolute atomic E-state index is 4.58. The van der Waals surface area contributed by atoms with Crippen LogP contribution in [0.5, 0.6) is 0 Å². The van der Waals surface area contributed by atoms with Crippen LogP contribution in [-0.2, 0) is 0 Å². The minimum Gasteiger partial charge on any atom is -0.311 e. The molecule has 3 heteroatoms. The molecule has 1 N–H and O–H groups in total. The van der Waals surface area contributed by atoms with Crippen LogP contribution in [0.25, 0.3) is 0 Å². The van der Waals surface area contributed by atoms with Crippen LogP contribution in [0.2, 0.25) is 0 Å². The third kappa shape index (κ3) is 5.96. The molecule has 0 amide bonds. The summed E-state index contributed by atoms with van der Waals surface area (Å²) in [5, 5.41) is 6.78. The monoisotopic (exact) mass is 268 g/mol. The standard InChI is InChI=1S/C15H28N2S/c1-4-5-6-7-8-9-10-11-14(16-3)15-17-13(2)12-18-15/h12,14,16H,4-11H2,1-3H3. The molecule has 1 aromatic heterocycles. The first-order valence-electron chi connectivity index (χ1n) is 7.37. The molecule has 18 heavy (non-hydrogen) atoms. The largest absolute Gasteiger partial charge is 0.311 e. The number of nitrogens with zero attached hydrogens (tertiary/aromatic N) is 1. The Bertz CT molecular complexity index is 309. The van der Waals surface area contributed by atoms with Gasteiger partial charge in [-0.15, -0.1) is 11.3 Å². The minimum atomic E-state index is 0.458. The van der Waals surface area contributed by atoms with E-state index in [-0.39, 0.29) is 0 Å². The number of unbranched alkanes of at least 4 members (excludes halogenated alkanes) is 6. The quantitative estimate of drug-likeness (QED) is 0.613. The van der Waals surface area contributed by atoms with Crippen molar-refractivity contribution in [1.29, 1.82) is 0 Å². The Kier molecular flexibility index (Phi) is 8.27. The van der Waals surface area contributed by atoms with E-state index in [1.54, 1.807) is 11.3 Å². The summed E-state index contributed by atoms with van der Waals surface area (Å²) in [5.41, 5.74) is 1.15. The molecule has 2 nitrogen and oxygen atoms in total.